The summed E-state index contributed by atoms with van der Waals surface area (Å²) in [6.45, 7) is 7.17. The Labute approximate surface area is 124 Å². The lowest BCUT2D eigenvalue weighted by Gasteiger charge is -2.22. The molecule has 2 amide bonds. The molecule has 0 aliphatic heterocycles. The fourth-order valence-electron chi connectivity index (χ4n) is 2.31. The van der Waals surface area contributed by atoms with E-state index in [1.54, 1.807) is 27.0 Å². The topological polar surface area (TPSA) is 94.3 Å². The summed E-state index contributed by atoms with van der Waals surface area (Å²) in [4.78, 5) is 27.9. The van der Waals surface area contributed by atoms with Crippen LogP contribution in [0.1, 0.15) is 44.4 Å². The molecule has 0 bridgehead atoms. The number of nitrogens with two attached hydrogens (primary N) is 1. The highest BCUT2D eigenvalue weighted by molar-refractivity contribution is 5.93. The van der Waals surface area contributed by atoms with Crippen LogP contribution in [-0.2, 0) is 9.53 Å². The minimum Gasteiger partial charge on any atom is -0.444 e. The first kappa shape index (κ1) is 15.3. The predicted molar refractivity (Wildman–Crippen MR) is 77.6 cm³/mol. The van der Waals surface area contributed by atoms with Crippen LogP contribution in [0.3, 0.4) is 0 Å². The van der Waals surface area contributed by atoms with E-state index in [0.29, 0.717) is 6.42 Å². The van der Waals surface area contributed by atoms with Gasteiger partial charge >= 0.3 is 6.09 Å². The number of carbonyl (C=O) groups is 2. The molecule has 1 fully saturated rings. The van der Waals surface area contributed by atoms with Gasteiger partial charge in [0.2, 0.25) is 5.91 Å². The summed E-state index contributed by atoms with van der Waals surface area (Å²) in [6, 6.07) is 3.77. The molecule has 114 valence electrons. The Morgan fingerprint density at radius 3 is 2.57 bits per heavy atom. The summed E-state index contributed by atoms with van der Waals surface area (Å²) in [7, 11) is 0. The third kappa shape index (κ3) is 3.32. The summed E-state index contributed by atoms with van der Waals surface area (Å²) in [6.07, 6.45) is 1.54. The van der Waals surface area contributed by atoms with Crippen LogP contribution in [-0.4, -0.2) is 28.1 Å². The van der Waals surface area contributed by atoms with Crippen molar-refractivity contribution in [1.82, 2.24) is 10.3 Å². The van der Waals surface area contributed by atoms with Gasteiger partial charge in [-0.05, 0) is 45.7 Å². The van der Waals surface area contributed by atoms with Gasteiger partial charge < -0.3 is 15.8 Å². The maximum atomic E-state index is 11.9. The van der Waals surface area contributed by atoms with E-state index < -0.39 is 23.1 Å². The van der Waals surface area contributed by atoms with Crippen LogP contribution in [0.25, 0.3) is 0 Å². The minimum atomic E-state index is -1.07. The van der Waals surface area contributed by atoms with Crippen LogP contribution in [0.2, 0.25) is 0 Å². The van der Waals surface area contributed by atoms with Gasteiger partial charge in [-0.25, -0.2) is 4.79 Å². The van der Waals surface area contributed by atoms with E-state index in [-0.39, 0.29) is 5.92 Å². The Bertz CT molecular complexity index is 563. The Morgan fingerprint density at radius 1 is 1.43 bits per heavy atom. The van der Waals surface area contributed by atoms with Crippen molar-refractivity contribution in [2.45, 2.75) is 51.2 Å². The zero-order chi connectivity index (χ0) is 15.8. The molecule has 0 saturated heterocycles. The first-order valence-corrected chi connectivity index (χ1v) is 6.88. The zero-order valence-electron chi connectivity index (χ0n) is 12.8. The zero-order valence-corrected chi connectivity index (χ0v) is 12.8. The van der Waals surface area contributed by atoms with Crippen molar-refractivity contribution in [3.05, 3.63) is 29.6 Å². The number of hydrogen-bond donors (Lipinski definition) is 2. The largest absolute Gasteiger partial charge is 0.444 e. The molecule has 6 nitrogen and oxygen atoms in total. The van der Waals surface area contributed by atoms with Gasteiger partial charge in [0, 0.05) is 17.8 Å². The molecule has 0 unspecified atom stereocenters. The van der Waals surface area contributed by atoms with Crippen molar-refractivity contribution >= 4 is 12.0 Å². The highest BCUT2D eigenvalue weighted by atomic mass is 16.6. The Hall–Kier alpha value is -2.11. The molecular formula is C15H21N3O3. The summed E-state index contributed by atoms with van der Waals surface area (Å²) in [5, 5.41) is 2.62. The molecular weight excluding hydrogens is 270 g/mol. The van der Waals surface area contributed by atoms with E-state index in [1.165, 1.54) is 0 Å². The number of nitrogens with one attached hydrogen (secondary N) is 1. The molecule has 1 aromatic heterocycles. The fourth-order valence-corrected chi connectivity index (χ4v) is 2.31. The number of primary amides is 1. The van der Waals surface area contributed by atoms with Gasteiger partial charge in [0.1, 0.15) is 11.1 Å². The first-order chi connectivity index (χ1) is 9.64. The van der Waals surface area contributed by atoms with Crippen LogP contribution in [0, 0.1) is 6.92 Å². The van der Waals surface area contributed by atoms with Crippen LogP contribution < -0.4 is 11.1 Å². The van der Waals surface area contributed by atoms with Gasteiger partial charge in [-0.2, -0.15) is 0 Å². The SMILES string of the molecule is Cc1ccc([C@@H]2C[C@]2(NC(=O)OC(C)(C)C)C(N)=O)cn1. The number of alkyl carbamates (subject to hydrolysis) is 1. The smallest absolute Gasteiger partial charge is 0.408 e. The lowest BCUT2D eigenvalue weighted by molar-refractivity contribution is -0.121. The fraction of sp³-hybridized carbons (Fsp3) is 0.533. The maximum Gasteiger partial charge on any atom is 0.408 e. The van der Waals surface area contributed by atoms with E-state index >= 15 is 0 Å². The second kappa shape index (κ2) is 5.02. The van der Waals surface area contributed by atoms with Crippen LogP contribution >= 0.6 is 0 Å². The quantitative estimate of drug-likeness (QED) is 0.885. The number of aromatic nitrogens is 1. The highest BCUT2D eigenvalue weighted by Crippen LogP contribution is 2.51. The summed E-state index contributed by atoms with van der Waals surface area (Å²) < 4.78 is 5.19. The van der Waals surface area contributed by atoms with Gasteiger partial charge in [0.05, 0.1) is 0 Å². The van der Waals surface area contributed by atoms with Gasteiger partial charge in [-0.15, -0.1) is 0 Å². The third-order valence-corrected chi connectivity index (χ3v) is 3.46. The minimum absolute atomic E-state index is 0.157. The molecule has 21 heavy (non-hydrogen) atoms. The molecule has 1 heterocycles. The predicted octanol–water partition coefficient (Wildman–Crippen LogP) is 1.63. The summed E-state index contributed by atoms with van der Waals surface area (Å²) in [5.41, 5.74) is 5.55. The molecule has 0 radical (unpaired) electrons. The second-order valence-electron chi connectivity index (χ2n) is 6.45. The van der Waals surface area contributed by atoms with Crippen molar-refractivity contribution in [2.24, 2.45) is 5.73 Å². The van der Waals surface area contributed by atoms with Crippen molar-refractivity contribution in [1.29, 1.82) is 0 Å². The number of rotatable bonds is 3. The van der Waals surface area contributed by atoms with E-state index in [1.807, 2.05) is 19.1 Å². The average Bonchev–Trinajstić information content (AvgIpc) is 3.03. The van der Waals surface area contributed by atoms with E-state index in [4.69, 9.17) is 10.5 Å². The molecule has 0 aromatic carbocycles. The molecule has 3 N–H and O–H groups in total. The average molecular weight is 291 g/mol. The van der Waals surface area contributed by atoms with Gasteiger partial charge in [-0.3, -0.25) is 9.78 Å². The van der Waals surface area contributed by atoms with Crippen molar-refractivity contribution in [3.63, 3.8) is 0 Å². The number of carbonyl (C=O) groups excluding carboxylic acids is 2. The molecule has 2 rings (SSSR count). The molecule has 1 aliphatic rings. The standard InChI is InChI=1S/C15H21N3O3/c1-9-5-6-10(8-17-9)11-7-15(11,12(16)19)18-13(20)21-14(2,3)4/h5-6,8,11H,7H2,1-4H3,(H2,16,19)(H,18,20)/t11-,15+/m0/s1. The van der Waals surface area contributed by atoms with E-state index in [2.05, 4.69) is 10.3 Å². The Kier molecular flexibility index (Phi) is 3.65. The monoisotopic (exact) mass is 291 g/mol. The Balaban J connectivity index is 2.12. The van der Waals surface area contributed by atoms with Crippen LogP contribution in [0.4, 0.5) is 4.79 Å². The summed E-state index contributed by atoms with van der Waals surface area (Å²) >= 11 is 0. The lowest BCUT2D eigenvalue weighted by Crippen LogP contribution is -2.49. The number of aryl methyl sites for hydroxylation is 1. The lowest BCUT2D eigenvalue weighted by atomic mass is 10.1. The summed E-state index contributed by atoms with van der Waals surface area (Å²) in [5.74, 6) is -0.713. The van der Waals surface area contributed by atoms with Gasteiger partial charge in [0.25, 0.3) is 0 Å². The van der Waals surface area contributed by atoms with E-state index in [0.717, 1.165) is 11.3 Å². The second-order valence-corrected chi connectivity index (χ2v) is 6.45. The molecule has 6 heteroatoms. The van der Waals surface area contributed by atoms with Gasteiger partial charge in [0.15, 0.2) is 0 Å². The molecule has 0 spiro atoms. The first-order valence-electron chi connectivity index (χ1n) is 6.88. The van der Waals surface area contributed by atoms with Crippen molar-refractivity contribution < 1.29 is 14.3 Å². The highest BCUT2D eigenvalue weighted by Gasteiger charge is 2.61. The van der Waals surface area contributed by atoms with Crippen molar-refractivity contribution in [2.75, 3.05) is 0 Å². The molecule has 1 aliphatic carbocycles. The van der Waals surface area contributed by atoms with Crippen LogP contribution in [0.15, 0.2) is 18.3 Å². The maximum absolute atomic E-state index is 11.9. The number of nitrogens with zero attached hydrogens (tertiary/aromatic N) is 1. The number of hydrogen-bond acceptors (Lipinski definition) is 4. The molecule has 1 saturated carbocycles. The van der Waals surface area contributed by atoms with Crippen molar-refractivity contribution in [3.8, 4) is 0 Å². The number of pyridine rings is 1. The number of ether oxygens (including phenoxy) is 1. The van der Waals surface area contributed by atoms with Crippen LogP contribution in [0.5, 0.6) is 0 Å². The molecule has 2 atom stereocenters. The Morgan fingerprint density at radius 2 is 2.10 bits per heavy atom. The molecule has 1 aromatic rings. The van der Waals surface area contributed by atoms with E-state index in [9.17, 15) is 9.59 Å². The third-order valence-electron chi connectivity index (χ3n) is 3.46. The normalized spacial score (nSPS) is 24.3. The number of amides is 2. The van der Waals surface area contributed by atoms with Gasteiger partial charge in [-0.1, -0.05) is 6.07 Å².